The van der Waals surface area contributed by atoms with Crippen molar-refractivity contribution in [2.45, 2.75) is 19.4 Å². The predicted molar refractivity (Wildman–Crippen MR) is 130 cm³/mol. The van der Waals surface area contributed by atoms with Crippen LogP contribution >= 0.6 is 0 Å². The molecule has 0 spiro atoms. The molecule has 1 fully saturated rings. The van der Waals surface area contributed by atoms with Gasteiger partial charge in [0.2, 0.25) is 0 Å². The fourth-order valence-electron chi connectivity index (χ4n) is 3.63. The summed E-state index contributed by atoms with van der Waals surface area (Å²) in [6.07, 6.45) is 0.953. The zero-order chi connectivity index (χ0) is 24.3. The van der Waals surface area contributed by atoms with Crippen LogP contribution in [0.15, 0.2) is 66.7 Å². The standard InChI is InChI=1S/C20H26N4O2.C6H4F2/c1-15-8-9-18(19(21-15)16-6-4-3-5-7-16)23-20(25)22-17-10-11-24(14-17)12-13-26-2;7-5-3-1-2-4-6(5)8/h3-9,17H,10-14H2,1-2H3,(H2,22,23,25);1-4H. The highest BCUT2D eigenvalue weighted by Gasteiger charge is 2.23. The first-order chi connectivity index (χ1) is 16.5. The van der Waals surface area contributed by atoms with Gasteiger partial charge in [-0.25, -0.2) is 13.6 Å². The second-order valence-corrected chi connectivity index (χ2v) is 8.01. The van der Waals surface area contributed by atoms with Crippen LogP contribution in [0.5, 0.6) is 0 Å². The smallest absolute Gasteiger partial charge is 0.319 e. The predicted octanol–water partition coefficient (Wildman–Crippen LogP) is 4.86. The molecule has 0 radical (unpaired) electrons. The minimum absolute atomic E-state index is 0.158. The number of anilines is 1. The third kappa shape index (κ3) is 7.60. The molecule has 2 aromatic carbocycles. The van der Waals surface area contributed by atoms with E-state index in [1.54, 1.807) is 7.11 Å². The molecular weight excluding hydrogens is 438 g/mol. The van der Waals surface area contributed by atoms with Crippen LogP contribution in [0, 0.1) is 18.6 Å². The van der Waals surface area contributed by atoms with Gasteiger partial charge in [0.05, 0.1) is 18.0 Å². The summed E-state index contributed by atoms with van der Waals surface area (Å²) in [5.74, 6) is -1.60. The van der Waals surface area contributed by atoms with Gasteiger partial charge in [0.1, 0.15) is 0 Å². The van der Waals surface area contributed by atoms with Crippen LogP contribution in [0.2, 0.25) is 0 Å². The summed E-state index contributed by atoms with van der Waals surface area (Å²) in [5.41, 5.74) is 3.40. The number of amides is 2. The van der Waals surface area contributed by atoms with Gasteiger partial charge in [-0.2, -0.15) is 0 Å². The van der Waals surface area contributed by atoms with Gasteiger partial charge in [0.15, 0.2) is 11.6 Å². The molecule has 2 amide bonds. The molecule has 0 bridgehead atoms. The van der Waals surface area contributed by atoms with Crippen LogP contribution in [0.25, 0.3) is 11.3 Å². The third-order valence-electron chi connectivity index (χ3n) is 5.37. The fraction of sp³-hybridized carbons (Fsp3) is 0.308. The molecule has 1 atom stereocenters. The quantitative estimate of drug-likeness (QED) is 0.542. The number of pyridine rings is 1. The van der Waals surface area contributed by atoms with Gasteiger partial charge in [-0.1, -0.05) is 42.5 Å². The summed E-state index contributed by atoms with van der Waals surface area (Å²) in [5, 5.41) is 6.03. The summed E-state index contributed by atoms with van der Waals surface area (Å²) in [7, 11) is 1.71. The number of rotatable bonds is 6. The monoisotopic (exact) mass is 468 g/mol. The Hall–Kier alpha value is -3.36. The molecule has 1 saturated heterocycles. The number of hydrogen-bond donors (Lipinski definition) is 2. The van der Waals surface area contributed by atoms with Crippen LogP contribution in [-0.4, -0.2) is 55.3 Å². The SMILES string of the molecule is COCCN1CCC(NC(=O)Nc2ccc(C)nc2-c2ccccc2)C1.Fc1ccccc1F. The Balaban J connectivity index is 0.000000343. The maximum Gasteiger partial charge on any atom is 0.319 e. The topological polar surface area (TPSA) is 66.5 Å². The van der Waals surface area contributed by atoms with Gasteiger partial charge in [-0.05, 0) is 37.6 Å². The largest absolute Gasteiger partial charge is 0.383 e. The zero-order valence-electron chi connectivity index (χ0n) is 19.4. The molecule has 2 heterocycles. The van der Waals surface area contributed by atoms with Crippen molar-refractivity contribution in [3.05, 3.63) is 84.1 Å². The number of likely N-dealkylation sites (tertiary alicyclic amines) is 1. The van der Waals surface area contributed by atoms with Gasteiger partial charge in [0.25, 0.3) is 0 Å². The van der Waals surface area contributed by atoms with Crippen molar-refractivity contribution in [2.75, 3.05) is 38.7 Å². The lowest BCUT2D eigenvalue weighted by molar-refractivity contribution is 0.160. The molecule has 1 aliphatic heterocycles. The van der Waals surface area contributed by atoms with Gasteiger partial charge >= 0.3 is 6.03 Å². The van der Waals surface area contributed by atoms with Gasteiger partial charge in [-0.15, -0.1) is 0 Å². The number of nitrogens with zero attached hydrogens (tertiary/aromatic N) is 2. The van der Waals surface area contributed by atoms with E-state index in [1.807, 2.05) is 49.4 Å². The number of methoxy groups -OCH3 is 1. The number of hydrogen-bond acceptors (Lipinski definition) is 4. The van der Waals surface area contributed by atoms with Crippen LogP contribution in [-0.2, 0) is 4.74 Å². The first-order valence-corrected chi connectivity index (χ1v) is 11.2. The molecule has 34 heavy (non-hydrogen) atoms. The third-order valence-corrected chi connectivity index (χ3v) is 5.37. The average Bonchev–Trinajstić information content (AvgIpc) is 3.28. The number of ether oxygens (including phenoxy) is 1. The maximum absolute atomic E-state index is 12.5. The number of aromatic nitrogens is 1. The molecule has 0 saturated carbocycles. The average molecular weight is 469 g/mol. The molecule has 8 heteroatoms. The molecule has 1 aromatic heterocycles. The van der Waals surface area contributed by atoms with E-state index in [9.17, 15) is 13.6 Å². The van der Waals surface area contributed by atoms with E-state index in [0.717, 1.165) is 55.1 Å². The minimum Gasteiger partial charge on any atom is -0.383 e. The Labute approximate surface area is 199 Å². The van der Waals surface area contributed by atoms with Crippen LogP contribution in [0.3, 0.4) is 0 Å². The Morgan fingerprint density at radius 3 is 2.38 bits per heavy atom. The van der Waals surface area contributed by atoms with Crippen molar-refractivity contribution < 1.29 is 18.3 Å². The van der Waals surface area contributed by atoms with Crippen molar-refractivity contribution in [1.29, 1.82) is 0 Å². The van der Waals surface area contributed by atoms with E-state index in [-0.39, 0.29) is 12.1 Å². The zero-order valence-corrected chi connectivity index (χ0v) is 19.4. The van der Waals surface area contributed by atoms with E-state index in [0.29, 0.717) is 12.3 Å². The highest BCUT2D eigenvalue weighted by atomic mass is 19.2. The maximum atomic E-state index is 12.5. The molecule has 0 aliphatic carbocycles. The van der Waals surface area contributed by atoms with Crippen LogP contribution in [0.1, 0.15) is 12.1 Å². The number of nitrogens with one attached hydrogen (secondary N) is 2. The summed E-state index contributed by atoms with van der Waals surface area (Å²) in [6.45, 7) is 5.40. The van der Waals surface area contributed by atoms with E-state index in [2.05, 4.69) is 20.5 Å². The van der Waals surface area contributed by atoms with Crippen molar-refractivity contribution in [3.63, 3.8) is 0 Å². The molecule has 1 unspecified atom stereocenters. The van der Waals surface area contributed by atoms with Gasteiger partial charge < -0.3 is 15.4 Å². The number of aryl methyl sites for hydroxylation is 1. The number of carbonyl (C=O) groups is 1. The second kappa shape index (κ2) is 12.8. The first-order valence-electron chi connectivity index (χ1n) is 11.2. The van der Waals surface area contributed by atoms with Gasteiger partial charge in [0, 0.05) is 44.0 Å². The molecule has 4 rings (SSSR count). The molecule has 3 aromatic rings. The highest BCUT2D eigenvalue weighted by molar-refractivity contribution is 5.93. The fourth-order valence-corrected chi connectivity index (χ4v) is 3.63. The number of halogens is 2. The number of carbonyl (C=O) groups excluding carboxylic acids is 1. The highest BCUT2D eigenvalue weighted by Crippen LogP contribution is 2.26. The molecule has 2 N–H and O–H groups in total. The van der Waals surface area contributed by atoms with Crippen molar-refractivity contribution >= 4 is 11.7 Å². The van der Waals surface area contributed by atoms with Crippen LogP contribution in [0.4, 0.5) is 19.3 Å². The van der Waals surface area contributed by atoms with Gasteiger partial charge in [-0.3, -0.25) is 9.88 Å². The first kappa shape index (κ1) is 25.3. The lowest BCUT2D eigenvalue weighted by Crippen LogP contribution is -2.40. The number of urea groups is 1. The van der Waals surface area contributed by atoms with E-state index >= 15 is 0 Å². The van der Waals surface area contributed by atoms with E-state index in [1.165, 1.54) is 12.1 Å². The lowest BCUT2D eigenvalue weighted by atomic mass is 10.1. The van der Waals surface area contributed by atoms with Crippen LogP contribution < -0.4 is 10.6 Å². The summed E-state index contributed by atoms with van der Waals surface area (Å²) in [4.78, 5) is 19.4. The van der Waals surface area contributed by atoms with Crippen molar-refractivity contribution in [1.82, 2.24) is 15.2 Å². The van der Waals surface area contributed by atoms with E-state index < -0.39 is 11.6 Å². The Bertz CT molecular complexity index is 1040. The van der Waals surface area contributed by atoms with E-state index in [4.69, 9.17) is 4.74 Å². The Kier molecular flexibility index (Phi) is 9.49. The minimum atomic E-state index is -0.799. The lowest BCUT2D eigenvalue weighted by Gasteiger charge is -2.17. The van der Waals surface area contributed by atoms with Crippen molar-refractivity contribution in [3.8, 4) is 11.3 Å². The molecular formula is C26H30F2N4O2. The summed E-state index contributed by atoms with van der Waals surface area (Å²) < 4.78 is 29.0. The van der Waals surface area contributed by atoms with Crippen molar-refractivity contribution in [2.24, 2.45) is 0 Å². The Morgan fingerprint density at radius 1 is 1.06 bits per heavy atom. The molecule has 1 aliphatic rings. The molecule has 6 nitrogen and oxygen atoms in total. The summed E-state index contributed by atoms with van der Waals surface area (Å²) in [6, 6.07) is 18.7. The normalized spacial score (nSPS) is 15.4. The second-order valence-electron chi connectivity index (χ2n) is 8.01. The number of benzene rings is 2. The summed E-state index contributed by atoms with van der Waals surface area (Å²) >= 11 is 0. The Morgan fingerprint density at radius 2 is 1.74 bits per heavy atom. The molecule has 180 valence electrons.